The van der Waals surface area contributed by atoms with Crippen LogP contribution in [0.1, 0.15) is 38.3 Å². The second kappa shape index (κ2) is 7.47. The minimum atomic E-state index is -0.515. The van der Waals surface area contributed by atoms with Crippen molar-refractivity contribution in [3.8, 4) is 11.1 Å². The smallest absolute Gasteiger partial charge is 0.124 e. The molecule has 0 bridgehead atoms. The Kier molecular flexibility index (Phi) is 4.78. The minimum Gasteiger partial charge on any atom is -0.378 e. The molecule has 2 heterocycles. The first-order valence-electron chi connectivity index (χ1n) is 10.9. The molecule has 30 heavy (non-hydrogen) atoms. The number of aromatic nitrogens is 2. The number of aliphatic hydroxyl groups is 1. The standard InChI is InChI=1S/C25H30N4O/c1-16-24(27-21-7-5-4-6-8-21)22-13-19(20-14-26-28(3)15-20)11-12-23(22)29(17(2)30)25(16)18-9-10-18/h4-8,11-18,24-25,27,30H,9-10H2,1-3H3/t16-,17?,24?,25-/m1/s1. The van der Waals surface area contributed by atoms with Crippen molar-refractivity contribution >= 4 is 11.4 Å². The Hall–Kier alpha value is -2.79. The summed E-state index contributed by atoms with van der Waals surface area (Å²) in [4.78, 5) is 2.26. The van der Waals surface area contributed by atoms with E-state index in [2.05, 4.69) is 64.7 Å². The number of hydrogen-bond acceptors (Lipinski definition) is 4. The Bertz CT molecular complexity index is 1020. The zero-order chi connectivity index (χ0) is 20.8. The molecule has 1 fully saturated rings. The van der Waals surface area contributed by atoms with Gasteiger partial charge in [0.1, 0.15) is 6.23 Å². The number of fused-ring (bicyclic) bond motifs is 1. The summed E-state index contributed by atoms with van der Waals surface area (Å²) in [6.45, 7) is 4.23. The molecule has 156 valence electrons. The van der Waals surface area contributed by atoms with E-state index in [1.807, 2.05) is 37.1 Å². The number of anilines is 2. The number of benzene rings is 2. The van der Waals surface area contributed by atoms with Crippen molar-refractivity contribution in [3.05, 3.63) is 66.5 Å². The van der Waals surface area contributed by atoms with Crippen LogP contribution in [-0.4, -0.2) is 27.2 Å². The molecular formula is C25H30N4O. The van der Waals surface area contributed by atoms with Gasteiger partial charge in [-0.15, -0.1) is 0 Å². The third kappa shape index (κ3) is 3.37. The van der Waals surface area contributed by atoms with Gasteiger partial charge in [-0.3, -0.25) is 4.68 Å². The second-order valence-corrected chi connectivity index (χ2v) is 8.89. The molecular weight excluding hydrogens is 372 g/mol. The van der Waals surface area contributed by atoms with Gasteiger partial charge in [0.05, 0.1) is 12.2 Å². The van der Waals surface area contributed by atoms with Gasteiger partial charge >= 0.3 is 0 Å². The molecule has 0 spiro atoms. The van der Waals surface area contributed by atoms with Crippen LogP contribution in [0, 0.1) is 11.8 Å². The molecule has 1 aliphatic heterocycles. The normalized spacial score (nSPS) is 24.4. The Morgan fingerprint density at radius 3 is 2.50 bits per heavy atom. The summed E-state index contributed by atoms with van der Waals surface area (Å²) in [5.74, 6) is 1.02. The van der Waals surface area contributed by atoms with Gasteiger partial charge in [-0.25, -0.2) is 0 Å². The monoisotopic (exact) mass is 402 g/mol. The average molecular weight is 403 g/mol. The van der Waals surface area contributed by atoms with Gasteiger partial charge in [-0.1, -0.05) is 31.2 Å². The van der Waals surface area contributed by atoms with Crippen LogP contribution in [0.3, 0.4) is 0 Å². The van der Waals surface area contributed by atoms with Crippen molar-refractivity contribution in [2.45, 2.75) is 45.0 Å². The largest absolute Gasteiger partial charge is 0.378 e. The Morgan fingerprint density at radius 2 is 1.87 bits per heavy atom. The number of hydrogen-bond donors (Lipinski definition) is 2. The molecule has 1 saturated carbocycles. The van der Waals surface area contributed by atoms with Gasteiger partial charge in [0.2, 0.25) is 0 Å². The van der Waals surface area contributed by atoms with Crippen molar-refractivity contribution in [3.63, 3.8) is 0 Å². The van der Waals surface area contributed by atoms with Gasteiger partial charge < -0.3 is 15.3 Å². The predicted octanol–water partition coefficient (Wildman–Crippen LogP) is 4.81. The minimum absolute atomic E-state index is 0.180. The summed E-state index contributed by atoms with van der Waals surface area (Å²) in [5, 5.41) is 18.9. The second-order valence-electron chi connectivity index (χ2n) is 8.89. The predicted molar refractivity (Wildman–Crippen MR) is 121 cm³/mol. The van der Waals surface area contributed by atoms with E-state index >= 15 is 0 Å². The van der Waals surface area contributed by atoms with E-state index in [1.165, 1.54) is 18.4 Å². The fraction of sp³-hybridized carbons (Fsp3) is 0.400. The Balaban J connectivity index is 1.63. The maximum atomic E-state index is 10.7. The van der Waals surface area contributed by atoms with E-state index < -0.39 is 6.23 Å². The van der Waals surface area contributed by atoms with E-state index in [1.54, 1.807) is 0 Å². The molecule has 3 aromatic rings. The van der Waals surface area contributed by atoms with Crippen LogP contribution in [0.4, 0.5) is 11.4 Å². The molecule has 2 N–H and O–H groups in total. The molecule has 5 nitrogen and oxygen atoms in total. The third-order valence-electron chi connectivity index (χ3n) is 6.67. The zero-order valence-electron chi connectivity index (χ0n) is 17.9. The highest BCUT2D eigenvalue weighted by Gasteiger charge is 2.47. The molecule has 2 unspecified atom stereocenters. The summed E-state index contributed by atoms with van der Waals surface area (Å²) in [7, 11) is 1.94. The molecule has 0 radical (unpaired) electrons. The first-order chi connectivity index (χ1) is 14.5. The lowest BCUT2D eigenvalue weighted by atomic mass is 9.79. The maximum absolute atomic E-state index is 10.7. The quantitative estimate of drug-likeness (QED) is 0.643. The number of rotatable bonds is 5. The van der Waals surface area contributed by atoms with Gasteiger partial charge in [0.25, 0.3) is 0 Å². The fourth-order valence-corrected chi connectivity index (χ4v) is 5.15. The lowest BCUT2D eigenvalue weighted by molar-refractivity contribution is 0.151. The van der Waals surface area contributed by atoms with Gasteiger partial charge in [-0.2, -0.15) is 5.10 Å². The van der Waals surface area contributed by atoms with Crippen LogP contribution in [-0.2, 0) is 7.05 Å². The topological polar surface area (TPSA) is 53.3 Å². The van der Waals surface area contributed by atoms with Crippen molar-refractivity contribution in [2.24, 2.45) is 18.9 Å². The lowest BCUT2D eigenvalue weighted by Gasteiger charge is -2.48. The van der Waals surface area contributed by atoms with Gasteiger partial charge in [-0.05, 0) is 61.1 Å². The first-order valence-corrected chi connectivity index (χ1v) is 10.9. The van der Waals surface area contributed by atoms with Crippen molar-refractivity contribution in [1.82, 2.24) is 9.78 Å². The lowest BCUT2D eigenvalue weighted by Crippen LogP contribution is -2.52. The van der Waals surface area contributed by atoms with E-state index in [9.17, 15) is 5.11 Å². The summed E-state index contributed by atoms with van der Waals surface area (Å²) < 4.78 is 1.84. The highest BCUT2D eigenvalue weighted by atomic mass is 16.3. The van der Waals surface area contributed by atoms with E-state index in [0.29, 0.717) is 17.9 Å². The van der Waals surface area contributed by atoms with E-state index in [4.69, 9.17) is 0 Å². The average Bonchev–Trinajstić information content (AvgIpc) is 3.49. The van der Waals surface area contributed by atoms with E-state index in [0.717, 1.165) is 22.5 Å². The number of nitrogens with one attached hydrogen (secondary N) is 1. The van der Waals surface area contributed by atoms with Crippen LogP contribution < -0.4 is 10.2 Å². The molecule has 4 atom stereocenters. The van der Waals surface area contributed by atoms with Crippen molar-refractivity contribution in [2.75, 3.05) is 10.2 Å². The number of aliphatic hydroxyl groups excluding tert-OH is 1. The van der Waals surface area contributed by atoms with Crippen LogP contribution in [0.2, 0.25) is 0 Å². The van der Waals surface area contributed by atoms with Gasteiger partial charge in [0.15, 0.2) is 0 Å². The zero-order valence-corrected chi connectivity index (χ0v) is 17.9. The summed E-state index contributed by atoms with van der Waals surface area (Å²) in [5.41, 5.74) is 5.78. The molecule has 0 amide bonds. The summed E-state index contributed by atoms with van der Waals surface area (Å²) in [6, 6.07) is 17.6. The fourth-order valence-electron chi connectivity index (χ4n) is 5.15. The molecule has 5 heteroatoms. The molecule has 0 saturated heterocycles. The molecule has 1 aromatic heterocycles. The van der Waals surface area contributed by atoms with Crippen LogP contribution >= 0.6 is 0 Å². The SMILES string of the molecule is CC(O)N1c2ccc(-c3cnn(C)c3)cc2C(Nc2ccccc2)[C@@H](C)[C@@H]1C1CC1. The van der Waals surface area contributed by atoms with Gasteiger partial charge in [0, 0.05) is 42.1 Å². The number of aryl methyl sites for hydroxylation is 1. The van der Waals surface area contributed by atoms with E-state index in [-0.39, 0.29) is 6.04 Å². The summed E-state index contributed by atoms with van der Waals surface area (Å²) >= 11 is 0. The van der Waals surface area contributed by atoms with Crippen molar-refractivity contribution < 1.29 is 5.11 Å². The Morgan fingerprint density at radius 1 is 1.10 bits per heavy atom. The highest BCUT2D eigenvalue weighted by molar-refractivity contribution is 5.71. The number of nitrogens with zero attached hydrogens (tertiary/aromatic N) is 3. The van der Waals surface area contributed by atoms with Crippen LogP contribution in [0.25, 0.3) is 11.1 Å². The summed E-state index contributed by atoms with van der Waals surface area (Å²) in [6.07, 6.45) is 5.94. The Labute approximate surface area is 178 Å². The highest BCUT2D eigenvalue weighted by Crippen LogP contribution is 2.51. The number of para-hydroxylation sites is 1. The molecule has 5 rings (SSSR count). The molecule has 1 aliphatic carbocycles. The third-order valence-corrected chi connectivity index (χ3v) is 6.67. The van der Waals surface area contributed by atoms with Crippen molar-refractivity contribution in [1.29, 1.82) is 0 Å². The molecule has 2 aliphatic rings. The maximum Gasteiger partial charge on any atom is 0.124 e. The van der Waals surface area contributed by atoms with Crippen LogP contribution in [0.5, 0.6) is 0 Å². The van der Waals surface area contributed by atoms with Crippen LogP contribution in [0.15, 0.2) is 60.9 Å². The molecule has 2 aromatic carbocycles. The first kappa shape index (κ1) is 19.2.